The van der Waals surface area contributed by atoms with Crippen molar-refractivity contribution in [3.8, 4) is 0 Å². The fraction of sp³-hybridized carbons (Fsp3) is 1.00. The lowest BCUT2D eigenvalue weighted by atomic mass is 10.1. The van der Waals surface area contributed by atoms with Gasteiger partial charge < -0.3 is 15.5 Å². The van der Waals surface area contributed by atoms with Crippen LogP contribution in [0.4, 0.5) is 0 Å². The van der Waals surface area contributed by atoms with Crippen molar-refractivity contribution in [1.82, 2.24) is 15.5 Å². The predicted molar refractivity (Wildman–Crippen MR) is 63.7 cm³/mol. The summed E-state index contributed by atoms with van der Waals surface area (Å²) in [5.74, 6) is 0.779. The van der Waals surface area contributed by atoms with Crippen LogP contribution in [0.5, 0.6) is 0 Å². The van der Waals surface area contributed by atoms with Gasteiger partial charge in [-0.15, -0.1) is 0 Å². The minimum absolute atomic E-state index is 0.779. The van der Waals surface area contributed by atoms with Crippen LogP contribution in [0.15, 0.2) is 0 Å². The van der Waals surface area contributed by atoms with Crippen molar-refractivity contribution in [2.75, 3.05) is 46.8 Å². The van der Waals surface area contributed by atoms with Gasteiger partial charge in [0.25, 0.3) is 0 Å². The smallest absolute Gasteiger partial charge is 0.00767 e. The Morgan fingerprint density at radius 1 is 1.29 bits per heavy atom. The molecular weight excluding hydrogens is 174 g/mol. The summed E-state index contributed by atoms with van der Waals surface area (Å²) < 4.78 is 0. The molecule has 86 valence electrons. The van der Waals surface area contributed by atoms with E-state index in [1.54, 1.807) is 0 Å². The molecule has 0 aliphatic heterocycles. The summed E-state index contributed by atoms with van der Waals surface area (Å²) >= 11 is 0. The summed E-state index contributed by atoms with van der Waals surface area (Å²) in [6.45, 7) is 10.2. The summed E-state index contributed by atoms with van der Waals surface area (Å²) in [6, 6.07) is 0. The standard InChI is InChI=1S/C11H27N3/c1-5-14(4)9-6-11(2)10-13-8-7-12-3/h11-13H,5-10H2,1-4H3. The van der Waals surface area contributed by atoms with Crippen molar-refractivity contribution in [2.24, 2.45) is 5.92 Å². The Kier molecular flexibility index (Phi) is 9.35. The van der Waals surface area contributed by atoms with Gasteiger partial charge in [0.15, 0.2) is 0 Å². The zero-order valence-corrected chi connectivity index (χ0v) is 10.3. The molecule has 14 heavy (non-hydrogen) atoms. The highest BCUT2D eigenvalue weighted by Crippen LogP contribution is 2.00. The lowest BCUT2D eigenvalue weighted by molar-refractivity contribution is 0.315. The Morgan fingerprint density at radius 3 is 2.57 bits per heavy atom. The van der Waals surface area contributed by atoms with Crippen LogP contribution in [0.2, 0.25) is 0 Å². The van der Waals surface area contributed by atoms with Crippen LogP contribution in [0, 0.1) is 5.92 Å². The Balaban J connectivity index is 3.23. The molecule has 0 aromatic carbocycles. The second-order valence-corrected chi connectivity index (χ2v) is 4.10. The maximum Gasteiger partial charge on any atom is 0.00767 e. The van der Waals surface area contributed by atoms with Gasteiger partial charge in [0, 0.05) is 13.1 Å². The van der Waals surface area contributed by atoms with Crippen molar-refractivity contribution in [3.63, 3.8) is 0 Å². The summed E-state index contributed by atoms with van der Waals surface area (Å²) in [4.78, 5) is 2.37. The quantitative estimate of drug-likeness (QED) is 0.540. The normalized spacial score (nSPS) is 13.5. The van der Waals surface area contributed by atoms with Gasteiger partial charge in [0.05, 0.1) is 0 Å². The molecule has 3 nitrogen and oxygen atoms in total. The minimum atomic E-state index is 0.779. The zero-order valence-electron chi connectivity index (χ0n) is 10.3. The lowest BCUT2D eigenvalue weighted by Gasteiger charge is -2.17. The van der Waals surface area contributed by atoms with E-state index in [0.29, 0.717) is 0 Å². The molecule has 0 saturated carbocycles. The van der Waals surface area contributed by atoms with Crippen molar-refractivity contribution in [3.05, 3.63) is 0 Å². The highest BCUT2D eigenvalue weighted by molar-refractivity contribution is 4.60. The molecule has 2 N–H and O–H groups in total. The van der Waals surface area contributed by atoms with E-state index < -0.39 is 0 Å². The fourth-order valence-corrected chi connectivity index (χ4v) is 1.26. The topological polar surface area (TPSA) is 27.3 Å². The molecule has 0 fully saturated rings. The fourth-order valence-electron chi connectivity index (χ4n) is 1.26. The van der Waals surface area contributed by atoms with Crippen LogP contribution >= 0.6 is 0 Å². The predicted octanol–water partition coefficient (Wildman–Crippen LogP) is 0.773. The number of nitrogens with one attached hydrogen (secondary N) is 2. The van der Waals surface area contributed by atoms with E-state index in [1.807, 2.05) is 7.05 Å². The van der Waals surface area contributed by atoms with Gasteiger partial charge in [-0.25, -0.2) is 0 Å². The van der Waals surface area contributed by atoms with Crippen LogP contribution in [-0.2, 0) is 0 Å². The van der Waals surface area contributed by atoms with Crippen molar-refractivity contribution < 1.29 is 0 Å². The molecule has 0 aromatic rings. The highest BCUT2D eigenvalue weighted by Gasteiger charge is 2.02. The van der Waals surface area contributed by atoms with E-state index in [0.717, 1.165) is 32.1 Å². The first-order valence-electron chi connectivity index (χ1n) is 5.74. The maximum absolute atomic E-state index is 3.45. The molecule has 0 spiro atoms. The van der Waals surface area contributed by atoms with E-state index >= 15 is 0 Å². The molecule has 1 atom stereocenters. The third-order valence-electron chi connectivity index (χ3n) is 2.59. The second kappa shape index (κ2) is 9.44. The van der Waals surface area contributed by atoms with Gasteiger partial charge in [-0.3, -0.25) is 0 Å². The number of likely N-dealkylation sites (N-methyl/N-ethyl adjacent to an activating group) is 1. The molecule has 0 aliphatic carbocycles. The van der Waals surface area contributed by atoms with Crippen molar-refractivity contribution >= 4 is 0 Å². The van der Waals surface area contributed by atoms with Gasteiger partial charge in [-0.05, 0) is 46.1 Å². The van der Waals surface area contributed by atoms with Crippen LogP contribution in [-0.4, -0.2) is 51.7 Å². The van der Waals surface area contributed by atoms with E-state index in [9.17, 15) is 0 Å². The molecular formula is C11H27N3. The molecule has 3 heteroatoms. The summed E-state index contributed by atoms with van der Waals surface area (Å²) in [5, 5.41) is 6.58. The van der Waals surface area contributed by atoms with Gasteiger partial charge in [-0.2, -0.15) is 0 Å². The average molecular weight is 201 g/mol. The molecule has 0 aromatic heterocycles. The summed E-state index contributed by atoms with van der Waals surface area (Å²) in [7, 11) is 4.17. The summed E-state index contributed by atoms with van der Waals surface area (Å²) in [6.07, 6.45) is 1.29. The van der Waals surface area contributed by atoms with Crippen LogP contribution in [0.1, 0.15) is 20.3 Å². The zero-order chi connectivity index (χ0) is 10.8. The van der Waals surface area contributed by atoms with Crippen LogP contribution < -0.4 is 10.6 Å². The van der Waals surface area contributed by atoms with Crippen LogP contribution in [0.25, 0.3) is 0 Å². The van der Waals surface area contributed by atoms with E-state index in [2.05, 4.69) is 36.4 Å². The Labute approximate surface area is 89.2 Å². The van der Waals surface area contributed by atoms with E-state index in [4.69, 9.17) is 0 Å². The monoisotopic (exact) mass is 201 g/mol. The highest BCUT2D eigenvalue weighted by atomic mass is 15.1. The van der Waals surface area contributed by atoms with Gasteiger partial charge in [0.2, 0.25) is 0 Å². The first-order chi connectivity index (χ1) is 6.70. The number of hydrogen-bond donors (Lipinski definition) is 2. The number of nitrogens with zero attached hydrogens (tertiary/aromatic N) is 1. The van der Waals surface area contributed by atoms with Crippen molar-refractivity contribution in [2.45, 2.75) is 20.3 Å². The second-order valence-electron chi connectivity index (χ2n) is 4.10. The molecule has 1 unspecified atom stereocenters. The molecule has 0 aliphatic rings. The summed E-state index contributed by atoms with van der Waals surface area (Å²) in [5.41, 5.74) is 0. The lowest BCUT2D eigenvalue weighted by Crippen LogP contribution is -2.30. The largest absolute Gasteiger partial charge is 0.318 e. The number of rotatable bonds is 9. The first-order valence-corrected chi connectivity index (χ1v) is 5.74. The molecule has 0 radical (unpaired) electrons. The van der Waals surface area contributed by atoms with E-state index in [1.165, 1.54) is 13.0 Å². The molecule has 0 heterocycles. The molecule has 0 amide bonds. The van der Waals surface area contributed by atoms with Crippen molar-refractivity contribution in [1.29, 1.82) is 0 Å². The third kappa shape index (κ3) is 8.48. The average Bonchev–Trinajstić information content (AvgIpc) is 2.21. The first kappa shape index (κ1) is 13.9. The Morgan fingerprint density at radius 2 is 2.00 bits per heavy atom. The third-order valence-corrected chi connectivity index (χ3v) is 2.59. The van der Waals surface area contributed by atoms with Crippen LogP contribution in [0.3, 0.4) is 0 Å². The Hall–Kier alpha value is -0.120. The van der Waals surface area contributed by atoms with E-state index in [-0.39, 0.29) is 0 Å². The number of hydrogen-bond acceptors (Lipinski definition) is 3. The minimum Gasteiger partial charge on any atom is -0.318 e. The van der Waals surface area contributed by atoms with Gasteiger partial charge in [-0.1, -0.05) is 13.8 Å². The maximum atomic E-state index is 3.45. The molecule has 0 rings (SSSR count). The Bertz CT molecular complexity index is 117. The van der Waals surface area contributed by atoms with Gasteiger partial charge >= 0.3 is 0 Å². The molecule has 0 bridgehead atoms. The SMILES string of the molecule is CCN(C)CCC(C)CNCCNC. The molecule has 0 saturated heterocycles. The van der Waals surface area contributed by atoms with Gasteiger partial charge in [0.1, 0.15) is 0 Å².